The van der Waals surface area contributed by atoms with Crippen molar-refractivity contribution in [2.45, 2.75) is 43.7 Å². The highest BCUT2D eigenvalue weighted by atomic mass is 35.5. The molecule has 4 rings (SSSR count). The fourth-order valence-corrected chi connectivity index (χ4v) is 4.30. The molecule has 0 spiro atoms. The summed E-state index contributed by atoms with van der Waals surface area (Å²) in [4.78, 5) is 2.18. The van der Waals surface area contributed by atoms with E-state index in [1.54, 1.807) is 11.8 Å². The number of hydrogen-bond donors (Lipinski definition) is 0. The largest absolute Gasteiger partial charge is 0.460 e. The van der Waals surface area contributed by atoms with Gasteiger partial charge in [-0.3, -0.25) is 4.90 Å². The third kappa shape index (κ3) is 5.04. The zero-order valence-electron chi connectivity index (χ0n) is 16.7. The van der Waals surface area contributed by atoms with Gasteiger partial charge in [-0.05, 0) is 50.4 Å². The highest BCUT2D eigenvalue weighted by Gasteiger charge is 2.21. The first kappa shape index (κ1) is 20.5. The van der Waals surface area contributed by atoms with E-state index in [9.17, 15) is 0 Å². The van der Waals surface area contributed by atoms with Crippen molar-refractivity contribution in [3.63, 3.8) is 0 Å². The summed E-state index contributed by atoms with van der Waals surface area (Å²) in [6.07, 6.45) is 4.51. The number of thioether (sulfide) groups is 1. The van der Waals surface area contributed by atoms with Crippen LogP contribution >= 0.6 is 23.4 Å². The van der Waals surface area contributed by atoms with Crippen LogP contribution in [0.2, 0.25) is 5.02 Å². The second-order valence-electron chi connectivity index (χ2n) is 7.30. The van der Waals surface area contributed by atoms with Gasteiger partial charge in [0.05, 0.1) is 25.7 Å². The lowest BCUT2D eigenvalue weighted by Gasteiger charge is -2.18. The smallest absolute Gasteiger partial charge is 0.191 e. The van der Waals surface area contributed by atoms with Crippen LogP contribution in [0.3, 0.4) is 0 Å². The molecule has 1 fully saturated rings. The van der Waals surface area contributed by atoms with Gasteiger partial charge in [-0.2, -0.15) is 0 Å². The Morgan fingerprint density at radius 3 is 2.90 bits per heavy atom. The van der Waals surface area contributed by atoms with Crippen molar-refractivity contribution >= 4 is 23.4 Å². The summed E-state index contributed by atoms with van der Waals surface area (Å²) in [5.41, 5.74) is 0.979. The summed E-state index contributed by atoms with van der Waals surface area (Å²) in [5, 5.41) is 10.4. The van der Waals surface area contributed by atoms with Gasteiger partial charge in [0, 0.05) is 17.2 Å². The zero-order valence-corrected chi connectivity index (χ0v) is 18.2. The average Bonchev–Trinajstić information content (AvgIpc) is 3.45. The molecule has 0 aliphatic carbocycles. The van der Waals surface area contributed by atoms with E-state index in [2.05, 4.69) is 26.7 Å². The maximum atomic E-state index is 6.09. The highest BCUT2D eigenvalue weighted by molar-refractivity contribution is 7.98. The Kier molecular flexibility index (Phi) is 6.60. The maximum Gasteiger partial charge on any atom is 0.191 e. The first-order chi connectivity index (χ1) is 14.1. The number of furan rings is 1. The SMILES string of the molecule is CSc1nnc(CN(C)Cc2ccc(-c3cccc(Cl)c3)o2)n1C[C@H]1CCCO1. The van der Waals surface area contributed by atoms with Crippen LogP contribution in [-0.2, 0) is 24.4 Å². The van der Waals surface area contributed by atoms with Gasteiger partial charge in [-0.25, -0.2) is 0 Å². The number of nitrogens with zero attached hydrogens (tertiary/aromatic N) is 4. The average molecular weight is 433 g/mol. The normalized spacial score (nSPS) is 16.8. The van der Waals surface area contributed by atoms with Gasteiger partial charge in [0.2, 0.25) is 0 Å². The zero-order chi connectivity index (χ0) is 20.2. The van der Waals surface area contributed by atoms with E-state index in [4.69, 9.17) is 20.8 Å². The lowest BCUT2D eigenvalue weighted by molar-refractivity contribution is 0.0934. The Morgan fingerprint density at radius 2 is 2.14 bits per heavy atom. The fourth-order valence-electron chi connectivity index (χ4n) is 3.59. The van der Waals surface area contributed by atoms with Gasteiger partial charge >= 0.3 is 0 Å². The molecule has 0 saturated carbocycles. The summed E-state index contributed by atoms with van der Waals surface area (Å²) in [7, 11) is 2.06. The molecule has 0 radical (unpaired) electrons. The molecule has 1 aliphatic rings. The van der Waals surface area contributed by atoms with Gasteiger partial charge in [0.25, 0.3) is 0 Å². The maximum absolute atomic E-state index is 6.09. The molecule has 0 N–H and O–H groups in total. The van der Waals surface area contributed by atoms with Gasteiger partial charge in [-0.1, -0.05) is 35.5 Å². The minimum absolute atomic E-state index is 0.256. The molecule has 1 atom stereocenters. The minimum atomic E-state index is 0.256. The van der Waals surface area contributed by atoms with Gasteiger partial charge in [-0.15, -0.1) is 10.2 Å². The van der Waals surface area contributed by atoms with Crippen LogP contribution < -0.4 is 0 Å². The van der Waals surface area contributed by atoms with Gasteiger partial charge in [0.15, 0.2) is 5.16 Å². The summed E-state index contributed by atoms with van der Waals surface area (Å²) >= 11 is 7.71. The summed E-state index contributed by atoms with van der Waals surface area (Å²) in [6.45, 7) is 3.03. The second-order valence-corrected chi connectivity index (χ2v) is 8.51. The molecule has 29 heavy (non-hydrogen) atoms. The molecule has 0 bridgehead atoms. The first-order valence-corrected chi connectivity index (χ1v) is 11.3. The van der Waals surface area contributed by atoms with Crippen LogP contribution in [0.4, 0.5) is 0 Å². The molecule has 1 aromatic carbocycles. The predicted octanol–water partition coefficient (Wildman–Crippen LogP) is 4.72. The van der Waals surface area contributed by atoms with Crippen LogP contribution in [-0.4, -0.2) is 45.7 Å². The summed E-state index contributed by atoms with van der Waals surface area (Å²) < 4.78 is 14.0. The summed E-state index contributed by atoms with van der Waals surface area (Å²) in [6, 6.07) is 11.7. The first-order valence-electron chi connectivity index (χ1n) is 9.73. The van der Waals surface area contributed by atoms with Crippen molar-refractivity contribution in [3.8, 4) is 11.3 Å². The third-order valence-corrected chi connectivity index (χ3v) is 5.90. The lowest BCUT2D eigenvalue weighted by Crippen LogP contribution is -2.23. The van der Waals surface area contributed by atoms with Gasteiger partial charge in [0.1, 0.15) is 17.3 Å². The molecule has 6 nitrogen and oxygen atoms in total. The van der Waals surface area contributed by atoms with Crippen molar-refractivity contribution in [2.75, 3.05) is 19.9 Å². The van der Waals surface area contributed by atoms with Gasteiger partial charge < -0.3 is 13.7 Å². The molecule has 0 unspecified atom stereocenters. The quantitative estimate of drug-likeness (QED) is 0.480. The Hall–Kier alpha value is -1.80. The monoisotopic (exact) mass is 432 g/mol. The molecule has 0 amide bonds. The Morgan fingerprint density at radius 1 is 1.24 bits per heavy atom. The number of ether oxygens (including phenoxy) is 1. The molecular formula is C21H25ClN4O2S. The molecule has 2 aromatic heterocycles. The highest BCUT2D eigenvalue weighted by Crippen LogP contribution is 2.26. The van der Waals surface area contributed by atoms with E-state index in [1.807, 2.05) is 42.7 Å². The molecule has 8 heteroatoms. The number of aromatic nitrogens is 3. The predicted molar refractivity (Wildman–Crippen MR) is 115 cm³/mol. The van der Waals surface area contributed by atoms with Crippen molar-refractivity contribution in [1.82, 2.24) is 19.7 Å². The minimum Gasteiger partial charge on any atom is -0.460 e. The molecule has 3 heterocycles. The third-order valence-electron chi connectivity index (χ3n) is 4.99. The number of rotatable bonds is 8. The van der Waals surface area contributed by atoms with Crippen LogP contribution in [0.5, 0.6) is 0 Å². The van der Waals surface area contributed by atoms with Crippen molar-refractivity contribution in [2.24, 2.45) is 0 Å². The molecular weight excluding hydrogens is 408 g/mol. The van der Waals surface area contributed by atoms with Crippen LogP contribution in [0.25, 0.3) is 11.3 Å². The number of benzene rings is 1. The van der Waals surface area contributed by atoms with E-state index in [1.165, 1.54) is 0 Å². The lowest BCUT2D eigenvalue weighted by atomic mass is 10.2. The number of hydrogen-bond acceptors (Lipinski definition) is 6. The van der Waals surface area contributed by atoms with Crippen molar-refractivity contribution < 1.29 is 9.15 Å². The Bertz CT molecular complexity index is 952. The topological polar surface area (TPSA) is 56.3 Å². The Balaban J connectivity index is 1.42. The number of halogens is 1. The van der Waals surface area contributed by atoms with Crippen molar-refractivity contribution in [3.05, 3.63) is 53.0 Å². The van der Waals surface area contributed by atoms with Crippen LogP contribution in [0.15, 0.2) is 46.0 Å². The van der Waals surface area contributed by atoms with E-state index in [0.29, 0.717) is 18.1 Å². The van der Waals surface area contributed by atoms with E-state index < -0.39 is 0 Å². The van der Waals surface area contributed by atoms with Crippen molar-refractivity contribution in [1.29, 1.82) is 0 Å². The van der Waals surface area contributed by atoms with Crippen LogP contribution in [0.1, 0.15) is 24.4 Å². The second kappa shape index (κ2) is 9.34. The molecule has 1 saturated heterocycles. The summed E-state index contributed by atoms with van der Waals surface area (Å²) in [5.74, 6) is 2.67. The van der Waals surface area contributed by atoms with E-state index in [-0.39, 0.29) is 6.10 Å². The standard InChI is InChI=1S/C21H25ClN4O2S/c1-25(12-18-8-9-19(28-18)15-5-3-6-16(22)11-15)14-20-23-24-21(29-2)26(20)13-17-7-4-10-27-17/h3,5-6,8-9,11,17H,4,7,10,12-14H2,1-2H3/t17-/m1/s1. The Labute approximate surface area is 180 Å². The van der Waals surface area contributed by atoms with E-state index >= 15 is 0 Å². The van der Waals surface area contributed by atoms with Crippen LogP contribution in [0, 0.1) is 0 Å². The fraction of sp³-hybridized carbons (Fsp3) is 0.429. The molecule has 154 valence electrons. The van der Waals surface area contributed by atoms with E-state index in [0.717, 1.165) is 54.1 Å². The molecule has 1 aliphatic heterocycles. The molecule has 3 aromatic rings.